The maximum atomic E-state index is 13.7. The highest BCUT2D eigenvalue weighted by atomic mass is 19.1. The van der Waals surface area contributed by atoms with Gasteiger partial charge in [0.05, 0.1) is 19.3 Å². The van der Waals surface area contributed by atoms with Crippen molar-refractivity contribution in [3.8, 4) is 0 Å². The number of hydrogen-bond acceptors (Lipinski definition) is 3. The molecule has 1 heterocycles. The van der Waals surface area contributed by atoms with E-state index in [1.54, 1.807) is 12.1 Å². The highest BCUT2D eigenvalue weighted by Gasteiger charge is 2.17. The first-order valence-electron chi connectivity index (χ1n) is 6.67. The monoisotopic (exact) mass is 272 g/mol. The average Bonchev–Trinajstić information content (AvgIpc) is 2.94. The van der Waals surface area contributed by atoms with Crippen molar-refractivity contribution in [1.29, 1.82) is 0 Å². The quantitative estimate of drug-likeness (QED) is 0.664. The van der Waals surface area contributed by atoms with Crippen molar-refractivity contribution >= 4 is 0 Å². The fourth-order valence-corrected chi connectivity index (χ4v) is 2.57. The molecule has 0 saturated carbocycles. The lowest BCUT2D eigenvalue weighted by Crippen LogP contribution is -2.29. The van der Waals surface area contributed by atoms with Crippen molar-refractivity contribution in [2.24, 2.45) is 5.84 Å². The molecule has 1 unspecified atom stereocenters. The van der Waals surface area contributed by atoms with E-state index in [4.69, 9.17) is 10.6 Å². The molecule has 1 atom stereocenters. The molecule has 3 nitrogen and oxygen atoms in total. The summed E-state index contributed by atoms with van der Waals surface area (Å²) in [6.07, 6.45) is 0.517. The van der Waals surface area contributed by atoms with Crippen LogP contribution in [0.4, 0.5) is 4.39 Å². The van der Waals surface area contributed by atoms with Gasteiger partial charge in [0.1, 0.15) is 5.82 Å². The summed E-state index contributed by atoms with van der Waals surface area (Å²) in [5.41, 5.74) is 6.90. The minimum atomic E-state index is -0.197. The van der Waals surface area contributed by atoms with Gasteiger partial charge in [-0.25, -0.2) is 4.39 Å². The maximum absolute atomic E-state index is 13.7. The van der Waals surface area contributed by atoms with Crippen LogP contribution < -0.4 is 11.3 Å². The lowest BCUT2D eigenvalue weighted by atomic mass is 9.96. The molecular formula is C16H17FN2O. The number of fused-ring (bicyclic) bond motifs is 1. The Morgan fingerprint density at radius 2 is 1.95 bits per heavy atom. The third-order valence-electron chi connectivity index (χ3n) is 3.73. The molecule has 3 N–H and O–H groups in total. The van der Waals surface area contributed by atoms with Gasteiger partial charge in [0, 0.05) is 0 Å². The molecule has 0 spiro atoms. The van der Waals surface area contributed by atoms with Gasteiger partial charge in [0.2, 0.25) is 0 Å². The first-order chi connectivity index (χ1) is 9.78. The highest BCUT2D eigenvalue weighted by molar-refractivity contribution is 5.35. The van der Waals surface area contributed by atoms with Gasteiger partial charge in [0.25, 0.3) is 0 Å². The molecule has 0 fully saturated rings. The van der Waals surface area contributed by atoms with E-state index in [9.17, 15) is 4.39 Å². The third kappa shape index (κ3) is 2.58. The SMILES string of the molecule is NNC(Cc1ccccc1F)c1ccc2c(c1)COC2. The van der Waals surface area contributed by atoms with Crippen LogP contribution in [0.3, 0.4) is 0 Å². The molecule has 2 aromatic rings. The largest absolute Gasteiger partial charge is 0.372 e. The standard InChI is InChI=1S/C16H17FN2O/c17-15-4-2-1-3-11(15)8-16(19-18)12-5-6-13-9-20-10-14(13)7-12/h1-7,16,19H,8-10,18H2. The molecule has 0 aromatic heterocycles. The van der Waals surface area contributed by atoms with E-state index < -0.39 is 0 Å². The number of ether oxygens (including phenoxy) is 1. The van der Waals surface area contributed by atoms with Crippen LogP contribution in [0.25, 0.3) is 0 Å². The average molecular weight is 272 g/mol. The van der Waals surface area contributed by atoms with E-state index in [1.807, 2.05) is 12.1 Å². The third-order valence-corrected chi connectivity index (χ3v) is 3.73. The zero-order chi connectivity index (χ0) is 13.9. The van der Waals surface area contributed by atoms with E-state index >= 15 is 0 Å². The van der Waals surface area contributed by atoms with Gasteiger partial charge in [-0.15, -0.1) is 0 Å². The molecule has 1 aliphatic rings. The van der Waals surface area contributed by atoms with Gasteiger partial charge in [0.15, 0.2) is 0 Å². The van der Waals surface area contributed by atoms with E-state index in [-0.39, 0.29) is 11.9 Å². The second-order valence-corrected chi connectivity index (χ2v) is 5.04. The minimum Gasteiger partial charge on any atom is -0.372 e. The van der Waals surface area contributed by atoms with Crippen molar-refractivity contribution in [2.45, 2.75) is 25.7 Å². The van der Waals surface area contributed by atoms with Crippen molar-refractivity contribution in [1.82, 2.24) is 5.43 Å². The van der Waals surface area contributed by atoms with E-state index in [2.05, 4.69) is 17.6 Å². The number of hydrogen-bond donors (Lipinski definition) is 2. The number of nitrogens with one attached hydrogen (secondary N) is 1. The number of nitrogens with two attached hydrogens (primary N) is 1. The van der Waals surface area contributed by atoms with Crippen molar-refractivity contribution in [3.05, 3.63) is 70.5 Å². The summed E-state index contributed by atoms with van der Waals surface area (Å²) in [4.78, 5) is 0. The molecule has 0 radical (unpaired) electrons. The zero-order valence-electron chi connectivity index (χ0n) is 11.1. The van der Waals surface area contributed by atoms with E-state index in [0.717, 1.165) is 5.56 Å². The Labute approximate surface area is 117 Å². The summed E-state index contributed by atoms with van der Waals surface area (Å²) < 4.78 is 19.1. The fourth-order valence-electron chi connectivity index (χ4n) is 2.57. The van der Waals surface area contributed by atoms with E-state index in [0.29, 0.717) is 25.2 Å². The van der Waals surface area contributed by atoms with Gasteiger partial charge >= 0.3 is 0 Å². The number of rotatable bonds is 4. The van der Waals surface area contributed by atoms with Crippen LogP contribution in [-0.4, -0.2) is 0 Å². The Morgan fingerprint density at radius 3 is 2.75 bits per heavy atom. The molecule has 0 saturated heterocycles. The first kappa shape index (κ1) is 13.2. The van der Waals surface area contributed by atoms with Crippen molar-refractivity contribution in [2.75, 3.05) is 0 Å². The molecule has 4 heteroatoms. The first-order valence-corrected chi connectivity index (χ1v) is 6.67. The van der Waals surface area contributed by atoms with Crippen LogP contribution in [0.2, 0.25) is 0 Å². The minimum absolute atomic E-state index is 0.113. The zero-order valence-corrected chi connectivity index (χ0v) is 11.1. The van der Waals surface area contributed by atoms with Crippen LogP contribution in [0.1, 0.15) is 28.3 Å². The summed E-state index contributed by atoms with van der Waals surface area (Å²) in [7, 11) is 0. The molecule has 20 heavy (non-hydrogen) atoms. The summed E-state index contributed by atoms with van der Waals surface area (Å²) in [5, 5.41) is 0. The molecule has 3 rings (SSSR count). The molecule has 2 aromatic carbocycles. The summed E-state index contributed by atoms with van der Waals surface area (Å²) in [6, 6.07) is 12.8. The number of benzene rings is 2. The smallest absolute Gasteiger partial charge is 0.126 e. The predicted octanol–water partition coefficient (Wildman–Crippen LogP) is 2.60. The Kier molecular flexibility index (Phi) is 3.78. The molecular weight excluding hydrogens is 255 g/mol. The predicted molar refractivity (Wildman–Crippen MR) is 75.1 cm³/mol. The van der Waals surface area contributed by atoms with Gasteiger partial charge < -0.3 is 4.74 Å². The second-order valence-electron chi connectivity index (χ2n) is 5.04. The molecule has 104 valence electrons. The fraction of sp³-hybridized carbons (Fsp3) is 0.250. The lowest BCUT2D eigenvalue weighted by Gasteiger charge is -2.17. The Balaban J connectivity index is 1.85. The van der Waals surface area contributed by atoms with Crippen molar-refractivity contribution < 1.29 is 9.13 Å². The lowest BCUT2D eigenvalue weighted by molar-refractivity contribution is 0.134. The highest BCUT2D eigenvalue weighted by Crippen LogP contribution is 2.26. The van der Waals surface area contributed by atoms with Crippen LogP contribution in [0, 0.1) is 5.82 Å². The summed E-state index contributed by atoms with van der Waals surface area (Å²) >= 11 is 0. The second kappa shape index (κ2) is 5.71. The Bertz CT molecular complexity index is 615. The van der Waals surface area contributed by atoms with Crippen molar-refractivity contribution in [3.63, 3.8) is 0 Å². The maximum Gasteiger partial charge on any atom is 0.126 e. The summed E-state index contributed by atoms with van der Waals surface area (Å²) in [5.74, 6) is 5.45. The molecule has 0 bridgehead atoms. The van der Waals surface area contributed by atoms with Gasteiger partial charge in [-0.05, 0) is 34.7 Å². The Morgan fingerprint density at radius 1 is 1.15 bits per heavy atom. The van der Waals surface area contributed by atoms with Crippen LogP contribution in [0.5, 0.6) is 0 Å². The van der Waals surface area contributed by atoms with E-state index in [1.165, 1.54) is 17.2 Å². The molecule has 0 aliphatic carbocycles. The van der Waals surface area contributed by atoms with Crippen LogP contribution in [-0.2, 0) is 24.4 Å². The number of hydrazine groups is 1. The van der Waals surface area contributed by atoms with Crippen LogP contribution in [0.15, 0.2) is 42.5 Å². The topological polar surface area (TPSA) is 47.3 Å². The van der Waals surface area contributed by atoms with Gasteiger partial charge in [-0.3, -0.25) is 11.3 Å². The summed E-state index contributed by atoms with van der Waals surface area (Å²) in [6.45, 7) is 1.31. The number of halogens is 1. The molecule has 1 aliphatic heterocycles. The van der Waals surface area contributed by atoms with Gasteiger partial charge in [-0.1, -0.05) is 36.4 Å². The molecule has 0 amide bonds. The Hall–Kier alpha value is -1.75. The van der Waals surface area contributed by atoms with Crippen LogP contribution >= 0.6 is 0 Å². The normalized spacial score (nSPS) is 15.1. The van der Waals surface area contributed by atoms with Gasteiger partial charge in [-0.2, -0.15) is 0 Å².